The summed E-state index contributed by atoms with van der Waals surface area (Å²) < 4.78 is 0. The van der Waals surface area contributed by atoms with Crippen LogP contribution >= 0.6 is 0 Å². The first-order chi connectivity index (χ1) is 8.16. The van der Waals surface area contributed by atoms with Crippen molar-refractivity contribution in [2.45, 2.75) is 19.0 Å². The molecule has 17 heavy (non-hydrogen) atoms. The van der Waals surface area contributed by atoms with Crippen LogP contribution in [0, 0.1) is 0 Å². The van der Waals surface area contributed by atoms with Crippen molar-refractivity contribution in [2.75, 3.05) is 6.54 Å². The molecule has 0 aromatic carbocycles. The van der Waals surface area contributed by atoms with E-state index in [0.29, 0.717) is 13.1 Å². The summed E-state index contributed by atoms with van der Waals surface area (Å²) in [4.78, 5) is 27.7. The molecule has 1 aliphatic rings. The predicted molar refractivity (Wildman–Crippen MR) is 59.2 cm³/mol. The number of aliphatic carboxylic acids is 1. The van der Waals surface area contributed by atoms with Crippen LogP contribution in [0.1, 0.15) is 12.0 Å². The molecule has 1 aromatic rings. The first-order valence-electron chi connectivity index (χ1n) is 5.32. The molecule has 6 heteroatoms. The quantitative estimate of drug-likeness (QED) is 0.793. The molecular formula is C11H13N3O3. The molecular weight excluding hydrogens is 222 g/mol. The molecule has 0 saturated carbocycles. The summed E-state index contributed by atoms with van der Waals surface area (Å²) in [7, 11) is 0. The number of rotatable bonds is 4. The van der Waals surface area contributed by atoms with Crippen LogP contribution in [0.2, 0.25) is 0 Å². The highest BCUT2D eigenvalue weighted by molar-refractivity contribution is 5.78. The number of nitrogens with zero attached hydrogens (tertiary/aromatic N) is 2. The van der Waals surface area contributed by atoms with Crippen molar-refractivity contribution in [3.63, 3.8) is 0 Å². The minimum Gasteiger partial charge on any atom is -0.481 e. The van der Waals surface area contributed by atoms with Gasteiger partial charge in [-0.05, 0) is 17.7 Å². The number of carboxylic acids is 1. The average Bonchev–Trinajstić information content (AvgIpc) is 2.62. The van der Waals surface area contributed by atoms with Crippen molar-refractivity contribution in [3.05, 3.63) is 30.1 Å². The van der Waals surface area contributed by atoms with Crippen molar-refractivity contribution in [1.29, 1.82) is 0 Å². The molecule has 1 fully saturated rings. The van der Waals surface area contributed by atoms with E-state index >= 15 is 0 Å². The van der Waals surface area contributed by atoms with Gasteiger partial charge in [0, 0.05) is 25.5 Å². The molecule has 1 unspecified atom stereocenters. The van der Waals surface area contributed by atoms with Crippen molar-refractivity contribution in [1.82, 2.24) is 15.2 Å². The number of nitrogens with one attached hydrogen (secondary N) is 1. The van der Waals surface area contributed by atoms with E-state index in [4.69, 9.17) is 5.11 Å². The summed E-state index contributed by atoms with van der Waals surface area (Å²) in [6.07, 6.45) is 3.26. The maximum absolute atomic E-state index is 11.6. The van der Waals surface area contributed by atoms with E-state index in [-0.39, 0.29) is 18.5 Å². The lowest BCUT2D eigenvalue weighted by molar-refractivity contribution is -0.137. The predicted octanol–water partition coefficient (Wildman–Crippen LogP) is 0.450. The summed E-state index contributed by atoms with van der Waals surface area (Å²) in [5, 5.41) is 11.4. The molecule has 1 saturated heterocycles. The van der Waals surface area contributed by atoms with Crippen molar-refractivity contribution in [2.24, 2.45) is 0 Å². The van der Waals surface area contributed by atoms with Crippen LogP contribution in [-0.2, 0) is 11.3 Å². The van der Waals surface area contributed by atoms with E-state index in [1.54, 1.807) is 17.3 Å². The third-order valence-corrected chi connectivity index (χ3v) is 2.70. The molecule has 90 valence electrons. The Labute approximate surface area is 98.3 Å². The van der Waals surface area contributed by atoms with Gasteiger partial charge < -0.3 is 15.3 Å². The van der Waals surface area contributed by atoms with Crippen LogP contribution in [-0.4, -0.2) is 39.6 Å². The van der Waals surface area contributed by atoms with Gasteiger partial charge in [-0.2, -0.15) is 0 Å². The Bertz CT molecular complexity index is 421. The Morgan fingerprint density at radius 2 is 2.24 bits per heavy atom. The lowest BCUT2D eigenvalue weighted by atomic mass is 10.1. The van der Waals surface area contributed by atoms with Crippen LogP contribution in [0.3, 0.4) is 0 Å². The average molecular weight is 235 g/mol. The SMILES string of the molecule is O=C(O)CC1CNC(=O)N1Cc1ccncc1. The fourth-order valence-electron chi connectivity index (χ4n) is 1.85. The lowest BCUT2D eigenvalue weighted by Crippen LogP contribution is -2.35. The molecule has 0 radical (unpaired) electrons. The highest BCUT2D eigenvalue weighted by atomic mass is 16.4. The van der Waals surface area contributed by atoms with Gasteiger partial charge >= 0.3 is 12.0 Å². The zero-order chi connectivity index (χ0) is 12.3. The number of carbonyl (C=O) groups is 2. The molecule has 1 atom stereocenters. The van der Waals surface area contributed by atoms with E-state index in [9.17, 15) is 9.59 Å². The topological polar surface area (TPSA) is 82.5 Å². The molecule has 2 heterocycles. The van der Waals surface area contributed by atoms with Gasteiger partial charge in [0.05, 0.1) is 12.5 Å². The van der Waals surface area contributed by atoms with Crippen LogP contribution in [0.5, 0.6) is 0 Å². The number of hydrogen-bond acceptors (Lipinski definition) is 3. The number of amides is 2. The maximum atomic E-state index is 11.6. The molecule has 6 nitrogen and oxygen atoms in total. The van der Waals surface area contributed by atoms with Crippen LogP contribution in [0.4, 0.5) is 4.79 Å². The monoisotopic (exact) mass is 235 g/mol. The number of carbonyl (C=O) groups excluding carboxylic acids is 1. The van der Waals surface area contributed by atoms with Gasteiger partial charge in [0.2, 0.25) is 0 Å². The molecule has 0 spiro atoms. The molecule has 0 bridgehead atoms. The Kier molecular flexibility index (Phi) is 3.22. The van der Waals surface area contributed by atoms with E-state index in [1.165, 1.54) is 0 Å². The van der Waals surface area contributed by atoms with Crippen molar-refractivity contribution < 1.29 is 14.7 Å². The van der Waals surface area contributed by atoms with Gasteiger partial charge in [-0.25, -0.2) is 4.79 Å². The Morgan fingerprint density at radius 1 is 1.53 bits per heavy atom. The number of hydrogen-bond donors (Lipinski definition) is 2. The molecule has 1 aromatic heterocycles. The van der Waals surface area contributed by atoms with Gasteiger partial charge in [0.15, 0.2) is 0 Å². The standard InChI is InChI=1S/C11H13N3O3/c15-10(16)5-9-6-13-11(17)14(9)7-8-1-3-12-4-2-8/h1-4,9H,5-7H2,(H,13,17)(H,15,16). The van der Waals surface area contributed by atoms with Crippen LogP contribution in [0.15, 0.2) is 24.5 Å². The van der Waals surface area contributed by atoms with E-state index in [2.05, 4.69) is 10.3 Å². The van der Waals surface area contributed by atoms with E-state index in [1.807, 2.05) is 12.1 Å². The number of urea groups is 1. The second-order valence-corrected chi connectivity index (χ2v) is 3.92. The summed E-state index contributed by atoms with van der Waals surface area (Å²) in [5.74, 6) is -0.897. The minimum absolute atomic E-state index is 0.0379. The van der Waals surface area contributed by atoms with Crippen LogP contribution in [0.25, 0.3) is 0 Å². The normalized spacial score (nSPS) is 19.2. The number of pyridine rings is 1. The van der Waals surface area contributed by atoms with Gasteiger partial charge in [-0.3, -0.25) is 9.78 Å². The van der Waals surface area contributed by atoms with E-state index < -0.39 is 5.97 Å². The van der Waals surface area contributed by atoms with Crippen molar-refractivity contribution >= 4 is 12.0 Å². The van der Waals surface area contributed by atoms with Crippen molar-refractivity contribution in [3.8, 4) is 0 Å². The second-order valence-electron chi connectivity index (χ2n) is 3.92. The molecule has 2 N–H and O–H groups in total. The Morgan fingerprint density at radius 3 is 2.88 bits per heavy atom. The summed E-state index contributed by atoms with van der Waals surface area (Å²) in [6, 6.07) is 3.12. The number of aromatic nitrogens is 1. The number of carboxylic acid groups (broad SMARTS) is 1. The largest absolute Gasteiger partial charge is 0.481 e. The van der Waals surface area contributed by atoms with Gasteiger partial charge in [-0.1, -0.05) is 0 Å². The van der Waals surface area contributed by atoms with Crippen LogP contribution < -0.4 is 5.32 Å². The molecule has 2 amide bonds. The summed E-state index contributed by atoms with van der Waals surface area (Å²) in [5.41, 5.74) is 0.937. The fraction of sp³-hybridized carbons (Fsp3) is 0.364. The first kappa shape index (κ1) is 11.4. The summed E-state index contributed by atoms with van der Waals surface area (Å²) >= 11 is 0. The highest BCUT2D eigenvalue weighted by Gasteiger charge is 2.31. The van der Waals surface area contributed by atoms with Gasteiger partial charge in [0.25, 0.3) is 0 Å². The second kappa shape index (κ2) is 4.82. The van der Waals surface area contributed by atoms with Gasteiger partial charge in [-0.15, -0.1) is 0 Å². The third-order valence-electron chi connectivity index (χ3n) is 2.70. The third kappa shape index (κ3) is 2.72. The van der Waals surface area contributed by atoms with E-state index in [0.717, 1.165) is 5.56 Å². The lowest BCUT2D eigenvalue weighted by Gasteiger charge is -2.21. The smallest absolute Gasteiger partial charge is 0.318 e. The molecule has 0 aliphatic carbocycles. The first-order valence-corrected chi connectivity index (χ1v) is 5.32. The Hall–Kier alpha value is -2.11. The minimum atomic E-state index is -0.897. The van der Waals surface area contributed by atoms with Gasteiger partial charge in [0.1, 0.15) is 0 Å². The summed E-state index contributed by atoms with van der Waals surface area (Å²) in [6.45, 7) is 0.794. The fourth-order valence-corrected chi connectivity index (χ4v) is 1.85. The maximum Gasteiger partial charge on any atom is 0.318 e. The highest BCUT2D eigenvalue weighted by Crippen LogP contribution is 2.14. The Balaban J connectivity index is 2.06. The zero-order valence-electron chi connectivity index (χ0n) is 9.17. The molecule has 2 rings (SSSR count). The zero-order valence-corrected chi connectivity index (χ0v) is 9.17. The molecule has 1 aliphatic heterocycles.